The first-order chi connectivity index (χ1) is 8.81. The molecule has 1 aromatic rings. The molecular weight excluding hydrogens is 226 g/mol. The molecule has 0 radical (unpaired) electrons. The Bertz CT molecular complexity index is 375. The summed E-state index contributed by atoms with van der Waals surface area (Å²) in [4.78, 5) is 12.0. The van der Waals surface area contributed by atoms with Crippen LogP contribution in [0.25, 0.3) is 0 Å². The molecule has 98 valence electrons. The van der Waals surface area contributed by atoms with Crippen molar-refractivity contribution >= 4 is 5.97 Å². The van der Waals surface area contributed by atoms with Gasteiger partial charge >= 0.3 is 5.97 Å². The molecule has 1 aromatic carbocycles. The highest BCUT2D eigenvalue weighted by Crippen LogP contribution is 2.22. The normalized spacial score (nSPS) is 23.6. The topological polar surface area (TPSA) is 38.3 Å². The average Bonchev–Trinajstić information content (AvgIpc) is 2.42. The van der Waals surface area contributed by atoms with Gasteiger partial charge in [-0.25, -0.2) is 4.79 Å². The fourth-order valence-corrected chi connectivity index (χ4v) is 2.50. The van der Waals surface area contributed by atoms with E-state index in [4.69, 9.17) is 4.74 Å². The Hall–Kier alpha value is -1.35. The van der Waals surface area contributed by atoms with Crippen LogP contribution >= 0.6 is 0 Å². The van der Waals surface area contributed by atoms with E-state index in [9.17, 15) is 4.79 Å². The largest absolute Gasteiger partial charge is 0.457 e. The van der Waals surface area contributed by atoms with Crippen LogP contribution < -0.4 is 5.32 Å². The average molecular weight is 247 g/mol. The van der Waals surface area contributed by atoms with Gasteiger partial charge in [-0.05, 0) is 37.4 Å². The van der Waals surface area contributed by atoms with Crippen molar-refractivity contribution in [2.45, 2.75) is 32.3 Å². The van der Waals surface area contributed by atoms with Crippen LogP contribution in [-0.2, 0) is 4.74 Å². The molecule has 0 bridgehead atoms. The number of nitrogens with one attached hydrogen (secondary N) is 1. The number of hydrogen-bond acceptors (Lipinski definition) is 3. The lowest BCUT2D eigenvalue weighted by Crippen LogP contribution is -2.43. The maximum atomic E-state index is 12.0. The highest BCUT2D eigenvalue weighted by molar-refractivity contribution is 5.89. The van der Waals surface area contributed by atoms with Crippen LogP contribution in [0.4, 0.5) is 0 Å². The Morgan fingerprint density at radius 3 is 2.89 bits per heavy atom. The first kappa shape index (κ1) is 13.1. The summed E-state index contributed by atoms with van der Waals surface area (Å²) in [6.45, 7) is 3.99. The van der Waals surface area contributed by atoms with Gasteiger partial charge in [0.05, 0.1) is 5.56 Å². The van der Waals surface area contributed by atoms with Crippen molar-refractivity contribution in [2.24, 2.45) is 5.92 Å². The Kier molecular flexibility index (Phi) is 4.76. The Morgan fingerprint density at radius 1 is 1.39 bits per heavy atom. The molecular formula is C15H21NO2. The first-order valence-electron chi connectivity index (χ1n) is 6.78. The number of esters is 1. The summed E-state index contributed by atoms with van der Waals surface area (Å²) in [5.74, 6) is 0.300. The van der Waals surface area contributed by atoms with E-state index in [1.807, 2.05) is 18.2 Å². The minimum atomic E-state index is -0.203. The highest BCUT2D eigenvalue weighted by Gasteiger charge is 2.27. The predicted molar refractivity (Wildman–Crippen MR) is 71.5 cm³/mol. The molecule has 1 N–H and O–H groups in total. The van der Waals surface area contributed by atoms with Crippen LogP contribution in [0.2, 0.25) is 0 Å². The predicted octanol–water partition coefficient (Wildman–Crippen LogP) is 2.62. The van der Waals surface area contributed by atoms with Gasteiger partial charge in [0.15, 0.2) is 0 Å². The van der Waals surface area contributed by atoms with Gasteiger partial charge in [-0.2, -0.15) is 0 Å². The fourth-order valence-electron chi connectivity index (χ4n) is 2.50. The van der Waals surface area contributed by atoms with Crippen LogP contribution in [-0.4, -0.2) is 25.2 Å². The molecule has 18 heavy (non-hydrogen) atoms. The molecule has 3 heteroatoms. The summed E-state index contributed by atoms with van der Waals surface area (Å²) in [6, 6.07) is 9.22. The fraction of sp³-hybridized carbons (Fsp3) is 0.533. The summed E-state index contributed by atoms with van der Waals surface area (Å²) in [5, 5.41) is 3.30. The van der Waals surface area contributed by atoms with Gasteiger partial charge in [0, 0.05) is 6.54 Å². The highest BCUT2D eigenvalue weighted by atomic mass is 16.5. The van der Waals surface area contributed by atoms with E-state index in [0.717, 1.165) is 32.4 Å². The minimum Gasteiger partial charge on any atom is -0.457 e. The number of carbonyl (C=O) groups excluding carboxylic acids is 1. The number of carbonyl (C=O) groups is 1. The van der Waals surface area contributed by atoms with E-state index in [-0.39, 0.29) is 12.1 Å². The maximum absolute atomic E-state index is 12.0. The zero-order chi connectivity index (χ0) is 12.8. The molecule has 2 atom stereocenters. The van der Waals surface area contributed by atoms with Crippen LogP contribution in [0.3, 0.4) is 0 Å². The minimum absolute atomic E-state index is 0.0198. The second-order valence-corrected chi connectivity index (χ2v) is 4.85. The van der Waals surface area contributed by atoms with E-state index in [1.54, 1.807) is 12.1 Å². The number of hydrogen-bond donors (Lipinski definition) is 1. The quantitative estimate of drug-likeness (QED) is 0.831. The lowest BCUT2D eigenvalue weighted by molar-refractivity contribution is 0.00483. The van der Waals surface area contributed by atoms with E-state index in [2.05, 4.69) is 12.2 Å². The Morgan fingerprint density at radius 2 is 2.17 bits per heavy atom. The van der Waals surface area contributed by atoms with Crippen LogP contribution in [0.15, 0.2) is 30.3 Å². The van der Waals surface area contributed by atoms with Crippen LogP contribution in [0.5, 0.6) is 0 Å². The molecule has 0 saturated carbocycles. The number of piperidine rings is 1. The van der Waals surface area contributed by atoms with Crippen molar-refractivity contribution in [3.05, 3.63) is 35.9 Å². The van der Waals surface area contributed by atoms with Crippen molar-refractivity contribution in [1.29, 1.82) is 0 Å². The lowest BCUT2D eigenvalue weighted by atomic mass is 9.90. The summed E-state index contributed by atoms with van der Waals surface area (Å²) in [6.07, 6.45) is 3.39. The van der Waals surface area contributed by atoms with Crippen molar-refractivity contribution in [3.63, 3.8) is 0 Å². The van der Waals surface area contributed by atoms with Gasteiger partial charge in [0.2, 0.25) is 0 Å². The third kappa shape index (κ3) is 3.33. The lowest BCUT2D eigenvalue weighted by Gasteiger charge is -2.31. The van der Waals surface area contributed by atoms with Gasteiger partial charge in [-0.1, -0.05) is 31.5 Å². The summed E-state index contributed by atoms with van der Waals surface area (Å²) in [5.41, 5.74) is 0.637. The summed E-state index contributed by atoms with van der Waals surface area (Å²) >= 11 is 0. The summed E-state index contributed by atoms with van der Waals surface area (Å²) < 4.78 is 5.64. The second kappa shape index (κ2) is 6.55. The molecule has 3 nitrogen and oxygen atoms in total. The molecule has 0 aliphatic carbocycles. The van der Waals surface area contributed by atoms with Gasteiger partial charge in [0.25, 0.3) is 0 Å². The van der Waals surface area contributed by atoms with Gasteiger partial charge in [-0.3, -0.25) is 0 Å². The molecule has 1 fully saturated rings. The number of benzene rings is 1. The van der Waals surface area contributed by atoms with E-state index in [0.29, 0.717) is 11.5 Å². The number of rotatable bonds is 4. The molecule has 1 aliphatic rings. The van der Waals surface area contributed by atoms with Crippen LogP contribution in [0, 0.1) is 5.92 Å². The van der Waals surface area contributed by atoms with Crippen molar-refractivity contribution in [3.8, 4) is 0 Å². The molecule has 1 saturated heterocycles. The first-order valence-corrected chi connectivity index (χ1v) is 6.78. The molecule has 0 aromatic heterocycles. The Balaban J connectivity index is 1.96. The van der Waals surface area contributed by atoms with E-state index in [1.165, 1.54) is 0 Å². The Labute approximate surface area is 109 Å². The standard InChI is InChI=1S/C15H21NO2/c1-2-6-12-9-10-16-11-14(12)18-15(17)13-7-4-3-5-8-13/h3-5,7-8,12,14,16H,2,6,9-11H2,1H3/t12-,14+/m1/s1. The molecule has 0 spiro atoms. The second-order valence-electron chi connectivity index (χ2n) is 4.85. The van der Waals surface area contributed by atoms with Crippen molar-refractivity contribution in [2.75, 3.05) is 13.1 Å². The van der Waals surface area contributed by atoms with Gasteiger partial charge < -0.3 is 10.1 Å². The zero-order valence-electron chi connectivity index (χ0n) is 10.9. The van der Waals surface area contributed by atoms with Crippen molar-refractivity contribution in [1.82, 2.24) is 5.32 Å². The summed E-state index contributed by atoms with van der Waals surface area (Å²) in [7, 11) is 0. The third-order valence-electron chi connectivity index (χ3n) is 3.49. The monoisotopic (exact) mass is 247 g/mol. The van der Waals surface area contributed by atoms with Crippen molar-refractivity contribution < 1.29 is 9.53 Å². The van der Waals surface area contributed by atoms with Gasteiger partial charge in [0.1, 0.15) is 6.10 Å². The maximum Gasteiger partial charge on any atom is 0.338 e. The molecule has 2 rings (SSSR count). The third-order valence-corrected chi connectivity index (χ3v) is 3.49. The molecule has 1 heterocycles. The van der Waals surface area contributed by atoms with Crippen LogP contribution in [0.1, 0.15) is 36.5 Å². The number of ether oxygens (including phenoxy) is 1. The van der Waals surface area contributed by atoms with E-state index >= 15 is 0 Å². The molecule has 1 aliphatic heterocycles. The molecule has 0 amide bonds. The SMILES string of the molecule is CCC[C@@H]1CCNC[C@@H]1OC(=O)c1ccccc1. The molecule has 0 unspecified atom stereocenters. The smallest absolute Gasteiger partial charge is 0.338 e. The van der Waals surface area contributed by atoms with Gasteiger partial charge in [-0.15, -0.1) is 0 Å². The van der Waals surface area contributed by atoms with E-state index < -0.39 is 0 Å². The zero-order valence-corrected chi connectivity index (χ0v) is 10.9.